The average Bonchev–Trinajstić information content (AvgIpc) is 2.76. The van der Waals surface area contributed by atoms with Gasteiger partial charge in [0.05, 0.1) is 5.41 Å². The van der Waals surface area contributed by atoms with Crippen molar-refractivity contribution in [3.8, 4) is 0 Å². The highest BCUT2D eigenvalue weighted by atomic mass is 16.4. The van der Waals surface area contributed by atoms with E-state index in [2.05, 4.69) is 24.0 Å². The second-order valence-corrected chi connectivity index (χ2v) is 6.12. The number of nitrogens with zero attached hydrogens (tertiary/aromatic N) is 3. The van der Waals surface area contributed by atoms with Crippen LogP contribution in [-0.2, 0) is 17.8 Å². The Balaban J connectivity index is 2.17. The molecule has 1 N–H and O–H groups in total. The van der Waals surface area contributed by atoms with E-state index in [9.17, 15) is 9.90 Å². The molecule has 0 radical (unpaired) electrons. The molecule has 2 rings (SSSR count). The van der Waals surface area contributed by atoms with E-state index >= 15 is 0 Å². The van der Waals surface area contributed by atoms with Gasteiger partial charge in [0.2, 0.25) is 0 Å². The number of aliphatic carboxylic acids is 1. The summed E-state index contributed by atoms with van der Waals surface area (Å²) in [5, 5.41) is 17.7. The summed E-state index contributed by atoms with van der Waals surface area (Å²) < 4.78 is 2.00. The van der Waals surface area contributed by atoms with Gasteiger partial charge in [0.15, 0.2) is 0 Å². The summed E-state index contributed by atoms with van der Waals surface area (Å²) in [6, 6.07) is 0. The highest BCUT2D eigenvalue weighted by Crippen LogP contribution is 2.39. The largest absolute Gasteiger partial charge is 0.481 e. The molecule has 1 aromatic rings. The van der Waals surface area contributed by atoms with Crippen LogP contribution in [0.5, 0.6) is 0 Å². The molecule has 1 heterocycles. The number of aromatic nitrogens is 3. The topological polar surface area (TPSA) is 68.0 Å². The van der Waals surface area contributed by atoms with E-state index in [0.717, 1.165) is 44.5 Å². The van der Waals surface area contributed by atoms with Gasteiger partial charge in [0, 0.05) is 13.0 Å². The van der Waals surface area contributed by atoms with E-state index in [4.69, 9.17) is 0 Å². The van der Waals surface area contributed by atoms with Crippen molar-refractivity contribution >= 4 is 5.97 Å². The maximum absolute atomic E-state index is 11.7. The summed E-state index contributed by atoms with van der Waals surface area (Å²) in [5.74, 6) is 0.645. The third-order valence-electron chi connectivity index (χ3n) is 4.02. The van der Waals surface area contributed by atoms with Crippen LogP contribution in [0.15, 0.2) is 6.33 Å². The molecule has 5 nitrogen and oxygen atoms in total. The first-order valence-electron chi connectivity index (χ1n) is 7.13. The molecule has 1 aliphatic rings. The van der Waals surface area contributed by atoms with Gasteiger partial charge in [-0.05, 0) is 18.8 Å². The second-order valence-electron chi connectivity index (χ2n) is 6.12. The molecule has 0 atom stereocenters. The van der Waals surface area contributed by atoms with E-state index in [1.807, 2.05) is 4.57 Å². The van der Waals surface area contributed by atoms with E-state index in [1.165, 1.54) is 0 Å². The molecular weight excluding hydrogens is 242 g/mol. The van der Waals surface area contributed by atoms with Crippen LogP contribution in [0, 0.1) is 11.3 Å². The minimum absolute atomic E-state index is 0.502. The fourth-order valence-electron chi connectivity index (χ4n) is 2.96. The molecule has 5 heteroatoms. The molecule has 0 bridgehead atoms. The van der Waals surface area contributed by atoms with Crippen LogP contribution in [0.3, 0.4) is 0 Å². The lowest BCUT2D eigenvalue weighted by atomic mass is 9.71. The molecule has 0 saturated heterocycles. The molecule has 0 amide bonds. The number of carboxylic acids is 1. The summed E-state index contributed by atoms with van der Waals surface area (Å²) in [6.45, 7) is 5.12. The van der Waals surface area contributed by atoms with Crippen molar-refractivity contribution in [2.45, 2.75) is 58.9 Å². The van der Waals surface area contributed by atoms with Gasteiger partial charge in [-0.15, -0.1) is 10.2 Å². The molecule has 1 saturated carbocycles. The maximum atomic E-state index is 11.7. The summed E-state index contributed by atoms with van der Waals surface area (Å²) in [5.41, 5.74) is -0.625. The van der Waals surface area contributed by atoms with Crippen LogP contribution in [0.1, 0.15) is 51.8 Å². The van der Waals surface area contributed by atoms with Gasteiger partial charge in [0.1, 0.15) is 12.2 Å². The molecule has 1 aliphatic carbocycles. The summed E-state index contributed by atoms with van der Waals surface area (Å²) in [7, 11) is 0. The minimum atomic E-state index is -0.675. The molecule has 19 heavy (non-hydrogen) atoms. The Kier molecular flexibility index (Phi) is 4.22. The van der Waals surface area contributed by atoms with Crippen molar-refractivity contribution in [1.29, 1.82) is 0 Å². The van der Waals surface area contributed by atoms with Crippen molar-refractivity contribution in [2.75, 3.05) is 0 Å². The van der Waals surface area contributed by atoms with Crippen LogP contribution in [0.4, 0.5) is 0 Å². The smallest absolute Gasteiger partial charge is 0.310 e. The predicted molar refractivity (Wildman–Crippen MR) is 71.7 cm³/mol. The number of hydrogen-bond donors (Lipinski definition) is 1. The van der Waals surface area contributed by atoms with Crippen LogP contribution in [-0.4, -0.2) is 25.8 Å². The lowest BCUT2D eigenvalue weighted by Crippen LogP contribution is -2.36. The molecule has 0 unspecified atom stereocenters. The fourth-order valence-corrected chi connectivity index (χ4v) is 2.96. The van der Waals surface area contributed by atoms with Gasteiger partial charge < -0.3 is 9.67 Å². The zero-order valence-electron chi connectivity index (χ0n) is 11.8. The van der Waals surface area contributed by atoms with E-state index in [0.29, 0.717) is 12.3 Å². The zero-order valence-corrected chi connectivity index (χ0v) is 11.8. The second kappa shape index (κ2) is 5.72. The minimum Gasteiger partial charge on any atom is -0.481 e. The lowest BCUT2D eigenvalue weighted by molar-refractivity contribution is -0.151. The van der Waals surface area contributed by atoms with Gasteiger partial charge >= 0.3 is 5.97 Å². The summed E-state index contributed by atoms with van der Waals surface area (Å²) in [4.78, 5) is 11.7. The number of carbonyl (C=O) groups is 1. The van der Waals surface area contributed by atoms with E-state index in [-0.39, 0.29) is 0 Å². The zero-order chi connectivity index (χ0) is 13.9. The van der Waals surface area contributed by atoms with Gasteiger partial charge in [0.25, 0.3) is 0 Å². The molecule has 1 fully saturated rings. The molecule has 0 spiro atoms. The quantitative estimate of drug-likeness (QED) is 0.888. The third kappa shape index (κ3) is 3.14. The van der Waals surface area contributed by atoms with Crippen LogP contribution < -0.4 is 0 Å². The normalized spacial score (nSPS) is 18.7. The molecule has 106 valence electrons. The third-order valence-corrected chi connectivity index (χ3v) is 4.02. The van der Waals surface area contributed by atoms with Gasteiger partial charge in [-0.2, -0.15) is 0 Å². The Labute approximate surface area is 114 Å². The standard InChI is InChI=1S/C14H23N3O2/c1-11(2)9-17-10-15-16-12(17)8-14(13(18)19)6-4-3-5-7-14/h10-11H,3-9H2,1-2H3,(H,18,19). The van der Waals surface area contributed by atoms with Crippen molar-refractivity contribution in [3.05, 3.63) is 12.2 Å². The average molecular weight is 265 g/mol. The highest BCUT2D eigenvalue weighted by molar-refractivity contribution is 5.75. The Morgan fingerprint density at radius 3 is 2.68 bits per heavy atom. The van der Waals surface area contributed by atoms with E-state index in [1.54, 1.807) is 6.33 Å². The van der Waals surface area contributed by atoms with Gasteiger partial charge in [-0.3, -0.25) is 4.79 Å². The van der Waals surface area contributed by atoms with Gasteiger partial charge in [-0.1, -0.05) is 33.1 Å². The van der Waals surface area contributed by atoms with Crippen LogP contribution in [0.2, 0.25) is 0 Å². The van der Waals surface area contributed by atoms with Crippen molar-refractivity contribution in [2.24, 2.45) is 11.3 Å². The van der Waals surface area contributed by atoms with Crippen molar-refractivity contribution < 1.29 is 9.90 Å². The molecule has 0 aromatic carbocycles. The SMILES string of the molecule is CC(C)Cn1cnnc1CC1(C(=O)O)CCCCC1. The first-order valence-corrected chi connectivity index (χ1v) is 7.13. The number of hydrogen-bond acceptors (Lipinski definition) is 3. The number of carboxylic acid groups (broad SMARTS) is 1. The van der Waals surface area contributed by atoms with Crippen LogP contribution >= 0.6 is 0 Å². The molecular formula is C14H23N3O2. The molecule has 0 aliphatic heterocycles. The monoisotopic (exact) mass is 265 g/mol. The Morgan fingerprint density at radius 1 is 1.42 bits per heavy atom. The Morgan fingerprint density at radius 2 is 2.11 bits per heavy atom. The van der Waals surface area contributed by atoms with Gasteiger partial charge in [-0.25, -0.2) is 0 Å². The van der Waals surface area contributed by atoms with Crippen molar-refractivity contribution in [1.82, 2.24) is 14.8 Å². The first-order chi connectivity index (χ1) is 9.03. The number of rotatable bonds is 5. The lowest BCUT2D eigenvalue weighted by Gasteiger charge is -2.32. The fraction of sp³-hybridized carbons (Fsp3) is 0.786. The first kappa shape index (κ1) is 14.0. The summed E-state index contributed by atoms with van der Waals surface area (Å²) >= 11 is 0. The highest BCUT2D eigenvalue weighted by Gasteiger charge is 2.40. The van der Waals surface area contributed by atoms with Crippen molar-refractivity contribution in [3.63, 3.8) is 0 Å². The Bertz CT molecular complexity index is 434. The predicted octanol–water partition coefficient (Wildman–Crippen LogP) is 2.51. The molecule has 1 aromatic heterocycles. The Hall–Kier alpha value is -1.39. The van der Waals surface area contributed by atoms with Crippen LogP contribution in [0.25, 0.3) is 0 Å². The van der Waals surface area contributed by atoms with E-state index < -0.39 is 11.4 Å². The summed E-state index contributed by atoms with van der Waals surface area (Å²) in [6.07, 6.45) is 6.90. The maximum Gasteiger partial charge on any atom is 0.310 e.